The van der Waals surface area contributed by atoms with E-state index in [9.17, 15) is 9.59 Å². The summed E-state index contributed by atoms with van der Waals surface area (Å²) < 4.78 is 19.5. The van der Waals surface area contributed by atoms with Crippen molar-refractivity contribution in [2.45, 2.75) is 31.1 Å². The van der Waals surface area contributed by atoms with Crippen LogP contribution >= 0.6 is 0 Å². The molecule has 0 radical (unpaired) electrons. The Morgan fingerprint density at radius 3 is 1.89 bits per heavy atom. The number of aromatic nitrogens is 2. The number of benzene rings is 3. The second-order valence-corrected chi connectivity index (χ2v) is 9.33. The summed E-state index contributed by atoms with van der Waals surface area (Å²) in [5, 5.41) is 0. The molecule has 38 heavy (non-hydrogen) atoms. The molecule has 0 fully saturated rings. The Labute approximate surface area is 221 Å². The van der Waals surface area contributed by atoms with Crippen LogP contribution in [0, 0.1) is 6.92 Å². The molecule has 1 N–H and O–H groups in total. The second-order valence-electron chi connectivity index (χ2n) is 9.33. The molecule has 1 aliphatic carbocycles. The predicted octanol–water partition coefficient (Wildman–Crippen LogP) is 4.74. The normalized spacial score (nSPS) is 16.9. The van der Waals surface area contributed by atoms with Crippen molar-refractivity contribution in [3.63, 3.8) is 0 Å². The molecule has 1 heterocycles. The van der Waals surface area contributed by atoms with Crippen molar-refractivity contribution >= 4 is 0 Å². The van der Waals surface area contributed by atoms with E-state index in [4.69, 9.17) is 14.2 Å². The summed E-state index contributed by atoms with van der Waals surface area (Å²) in [5.41, 5.74) is 1.54. The number of allylic oxidation sites excluding steroid dienone is 1. The van der Waals surface area contributed by atoms with Gasteiger partial charge in [-0.15, -0.1) is 0 Å². The van der Waals surface area contributed by atoms with Gasteiger partial charge in [0.05, 0.1) is 26.4 Å². The van der Waals surface area contributed by atoms with Gasteiger partial charge in [-0.05, 0) is 47.9 Å². The fraction of sp³-hybridized carbons (Fsp3) is 0.226. The lowest BCUT2D eigenvalue weighted by molar-refractivity contribution is -0.0269. The van der Waals surface area contributed by atoms with Gasteiger partial charge in [0, 0.05) is 18.2 Å². The van der Waals surface area contributed by atoms with Crippen LogP contribution in [0.15, 0.2) is 107 Å². The molecular formula is C31H30N2O5. The Morgan fingerprint density at radius 2 is 1.34 bits per heavy atom. The number of hydrogen-bond donors (Lipinski definition) is 1. The minimum atomic E-state index is -0.963. The Balaban J connectivity index is 1.61. The average Bonchev–Trinajstić information content (AvgIpc) is 3.42. The molecule has 1 aliphatic rings. The molecule has 4 aromatic rings. The number of aromatic amines is 1. The first-order chi connectivity index (χ1) is 18.4. The Kier molecular flexibility index (Phi) is 7.03. The van der Waals surface area contributed by atoms with Crippen LogP contribution in [0.3, 0.4) is 0 Å². The first-order valence-corrected chi connectivity index (χ1v) is 12.5. The lowest BCUT2D eigenvalue weighted by Crippen LogP contribution is -2.37. The van der Waals surface area contributed by atoms with Gasteiger partial charge < -0.3 is 14.2 Å². The number of nitrogens with zero attached hydrogens (tertiary/aromatic N) is 1. The monoisotopic (exact) mass is 510 g/mol. The third-order valence-corrected chi connectivity index (χ3v) is 7.03. The maximum atomic E-state index is 12.6. The van der Waals surface area contributed by atoms with E-state index in [1.54, 1.807) is 31.9 Å². The second kappa shape index (κ2) is 10.6. The van der Waals surface area contributed by atoms with E-state index in [0.717, 1.165) is 28.2 Å². The van der Waals surface area contributed by atoms with Crippen LogP contribution in [0.5, 0.6) is 11.5 Å². The van der Waals surface area contributed by atoms with Crippen molar-refractivity contribution in [1.82, 2.24) is 9.55 Å². The van der Waals surface area contributed by atoms with Crippen molar-refractivity contribution in [1.29, 1.82) is 0 Å². The Hall–Kier alpha value is -4.36. The molecule has 0 spiro atoms. The molecule has 3 aromatic carbocycles. The van der Waals surface area contributed by atoms with Crippen LogP contribution in [-0.4, -0.2) is 29.9 Å². The third-order valence-electron chi connectivity index (χ3n) is 7.03. The highest BCUT2D eigenvalue weighted by atomic mass is 16.5. The maximum absolute atomic E-state index is 12.6. The highest BCUT2D eigenvalue weighted by Gasteiger charge is 2.41. The molecule has 0 saturated heterocycles. The van der Waals surface area contributed by atoms with Crippen molar-refractivity contribution in [3.05, 3.63) is 140 Å². The van der Waals surface area contributed by atoms with E-state index in [-0.39, 0.29) is 17.7 Å². The van der Waals surface area contributed by atoms with Gasteiger partial charge in [0.1, 0.15) is 17.1 Å². The first kappa shape index (κ1) is 25.3. The highest BCUT2D eigenvalue weighted by molar-refractivity contribution is 5.50. The summed E-state index contributed by atoms with van der Waals surface area (Å²) in [4.78, 5) is 26.9. The van der Waals surface area contributed by atoms with Crippen LogP contribution in [0.4, 0.5) is 0 Å². The molecule has 1 aromatic heterocycles. The fourth-order valence-corrected chi connectivity index (χ4v) is 5.03. The number of ether oxygens (including phenoxy) is 3. The van der Waals surface area contributed by atoms with Crippen LogP contribution in [0.25, 0.3) is 0 Å². The topological polar surface area (TPSA) is 82.5 Å². The molecular weight excluding hydrogens is 480 g/mol. The quantitative estimate of drug-likeness (QED) is 0.274. The van der Waals surface area contributed by atoms with Gasteiger partial charge >= 0.3 is 5.69 Å². The number of methoxy groups -OCH3 is 2. The number of H-pyrrole nitrogens is 1. The summed E-state index contributed by atoms with van der Waals surface area (Å²) in [6.45, 7) is 1.69. The van der Waals surface area contributed by atoms with Crippen LogP contribution in [0.2, 0.25) is 0 Å². The molecule has 0 unspecified atom stereocenters. The maximum Gasteiger partial charge on any atom is 0.328 e. The minimum absolute atomic E-state index is 0.247. The zero-order valence-electron chi connectivity index (χ0n) is 21.6. The summed E-state index contributed by atoms with van der Waals surface area (Å²) >= 11 is 0. The predicted molar refractivity (Wildman–Crippen MR) is 146 cm³/mol. The minimum Gasteiger partial charge on any atom is -0.497 e. The molecule has 5 rings (SSSR count). The smallest absolute Gasteiger partial charge is 0.328 e. The number of hydrogen-bond acceptors (Lipinski definition) is 5. The Morgan fingerprint density at radius 1 is 0.789 bits per heavy atom. The first-order valence-electron chi connectivity index (χ1n) is 12.5. The molecule has 194 valence electrons. The van der Waals surface area contributed by atoms with E-state index in [0.29, 0.717) is 12.0 Å². The molecule has 0 amide bonds. The lowest BCUT2D eigenvalue weighted by atomic mass is 9.79. The molecule has 2 atom stereocenters. The molecule has 0 aliphatic heterocycles. The summed E-state index contributed by atoms with van der Waals surface area (Å²) in [6, 6.07) is 25.6. The molecule has 7 heteroatoms. The summed E-state index contributed by atoms with van der Waals surface area (Å²) in [7, 11) is 3.28. The van der Waals surface area contributed by atoms with Crippen molar-refractivity contribution in [3.8, 4) is 11.5 Å². The van der Waals surface area contributed by atoms with Crippen LogP contribution in [-0.2, 0) is 10.3 Å². The van der Waals surface area contributed by atoms with Crippen molar-refractivity contribution < 1.29 is 14.2 Å². The number of nitrogens with one attached hydrogen (secondary N) is 1. The number of rotatable bonds is 8. The standard InChI is InChI=1S/C31H30N2O5/c1-21-20-33(30(35)32-29(21)34)25-13-18-28(19-25)38-31(22-7-5-4-6-8-22,23-9-14-26(36-2)15-10-23)24-11-16-27(37-3)17-12-24/h4-18,20,25,28H,19H2,1-3H3,(H,32,34,35)/t25-,28+/m0/s1. The lowest BCUT2D eigenvalue weighted by Gasteiger charge is -2.38. The van der Waals surface area contributed by atoms with Gasteiger partial charge in [0.15, 0.2) is 0 Å². The van der Waals surface area contributed by atoms with Crippen molar-refractivity contribution in [2.24, 2.45) is 0 Å². The van der Waals surface area contributed by atoms with Crippen molar-refractivity contribution in [2.75, 3.05) is 14.2 Å². The Bertz CT molecular complexity index is 1490. The van der Waals surface area contributed by atoms with Gasteiger partial charge in [-0.3, -0.25) is 14.3 Å². The molecule has 0 bridgehead atoms. The van der Waals surface area contributed by atoms with E-state index in [1.807, 2.05) is 78.9 Å². The molecule has 7 nitrogen and oxygen atoms in total. The van der Waals surface area contributed by atoms with E-state index in [2.05, 4.69) is 17.1 Å². The van der Waals surface area contributed by atoms with Crippen LogP contribution in [0.1, 0.15) is 34.7 Å². The summed E-state index contributed by atoms with van der Waals surface area (Å²) in [6.07, 6.45) is 5.77. The average molecular weight is 511 g/mol. The van der Waals surface area contributed by atoms with Gasteiger partial charge in [0.25, 0.3) is 5.56 Å². The van der Waals surface area contributed by atoms with Gasteiger partial charge in [-0.2, -0.15) is 0 Å². The largest absolute Gasteiger partial charge is 0.497 e. The summed E-state index contributed by atoms with van der Waals surface area (Å²) in [5.74, 6) is 1.50. The fourth-order valence-electron chi connectivity index (χ4n) is 5.03. The number of aryl methyl sites for hydroxylation is 1. The van der Waals surface area contributed by atoms with Gasteiger partial charge in [-0.25, -0.2) is 4.79 Å². The van der Waals surface area contributed by atoms with Gasteiger partial charge in [0.2, 0.25) is 0 Å². The van der Waals surface area contributed by atoms with E-state index in [1.165, 1.54) is 0 Å². The SMILES string of the molecule is COc1ccc(C(O[C@@H]2C=C[C@H](n3cc(C)c(=O)[nH]c3=O)C2)(c2ccccc2)c2ccc(OC)cc2)cc1. The zero-order chi connectivity index (χ0) is 26.7. The third kappa shape index (κ3) is 4.68. The zero-order valence-corrected chi connectivity index (χ0v) is 21.6. The van der Waals surface area contributed by atoms with E-state index >= 15 is 0 Å². The highest BCUT2D eigenvalue weighted by Crippen LogP contribution is 2.44. The molecule has 0 saturated carbocycles. The van der Waals surface area contributed by atoms with E-state index < -0.39 is 11.3 Å². The van der Waals surface area contributed by atoms with Gasteiger partial charge in [-0.1, -0.05) is 66.7 Å². The van der Waals surface area contributed by atoms with Crippen LogP contribution < -0.4 is 20.7 Å².